The molecular weight excluding hydrogens is 408 g/mol. The van der Waals surface area contributed by atoms with E-state index >= 15 is 0 Å². The molecule has 1 amide bonds. The van der Waals surface area contributed by atoms with Crippen LogP contribution in [0.2, 0.25) is 0 Å². The number of likely N-dealkylation sites (tertiary alicyclic amines) is 1. The Kier molecular flexibility index (Phi) is 7.20. The Morgan fingerprint density at radius 3 is 2.09 bits per heavy atom. The number of hydrogen-bond donors (Lipinski definition) is 1. The lowest BCUT2D eigenvalue weighted by Crippen LogP contribution is -2.50. The third-order valence-electron chi connectivity index (χ3n) is 9.42. The molecule has 0 bridgehead atoms. The van der Waals surface area contributed by atoms with Gasteiger partial charge in [0.05, 0.1) is 0 Å². The van der Waals surface area contributed by atoms with Crippen molar-refractivity contribution < 1.29 is 9.90 Å². The lowest BCUT2D eigenvalue weighted by atomic mass is 9.69. The van der Waals surface area contributed by atoms with Crippen molar-refractivity contribution in [1.29, 1.82) is 0 Å². The zero-order valence-corrected chi connectivity index (χ0v) is 23.6. The van der Waals surface area contributed by atoms with Crippen molar-refractivity contribution in [1.82, 2.24) is 9.80 Å². The van der Waals surface area contributed by atoms with Gasteiger partial charge in [-0.3, -0.25) is 4.79 Å². The van der Waals surface area contributed by atoms with Gasteiger partial charge in [0.1, 0.15) is 6.23 Å². The van der Waals surface area contributed by atoms with Crippen LogP contribution in [-0.2, 0) is 4.79 Å². The van der Waals surface area contributed by atoms with Crippen molar-refractivity contribution in [3.05, 3.63) is 0 Å². The largest absolute Gasteiger partial charge is 0.373 e. The normalized spacial score (nSPS) is 31.4. The van der Waals surface area contributed by atoms with Crippen LogP contribution in [-0.4, -0.2) is 52.2 Å². The molecule has 3 fully saturated rings. The monoisotopic (exact) mass is 462 g/mol. The first kappa shape index (κ1) is 27.0. The van der Waals surface area contributed by atoms with Gasteiger partial charge in [-0.2, -0.15) is 0 Å². The lowest BCUT2D eigenvalue weighted by molar-refractivity contribution is -0.146. The zero-order valence-electron chi connectivity index (χ0n) is 23.6. The third-order valence-corrected chi connectivity index (χ3v) is 9.42. The van der Waals surface area contributed by atoms with Crippen LogP contribution >= 0.6 is 0 Å². The Bertz CT molecular complexity index is 716. The van der Waals surface area contributed by atoms with Gasteiger partial charge in [-0.15, -0.1) is 0 Å². The maximum Gasteiger partial charge on any atom is 0.228 e. The van der Waals surface area contributed by atoms with Gasteiger partial charge < -0.3 is 14.9 Å². The number of carbonyl (C=O) groups is 1. The predicted molar refractivity (Wildman–Crippen MR) is 138 cm³/mol. The Balaban J connectivity index is 1.58. The van der Waals surface area contributed by atoms with Crippen molar-refractivity contribution in [2.45, 2.75) is 126 Å². The van der Waals surface area contributed by atoms with Crippen molar-refractivity contribution in [3.63, 3.8) is 0 Å². The molecule has 0 radical (unpaired) electrons. The summed E-state index contributed by atoms with van der Waals surface area (Å²) in [6.45, 7) is 26.8. The topological polar surface area (TPSA) is 43.6 Å². The van der Waals surface area contributed by atoms with Gasteiger partial charge in [-0.1, -0.05) is 61.8 Å². The smallest absolute Gasteiger partial charge is 0.228 e. The fourth-order valence-corrected chi connectivity index (χ4v) is 7.21. The highest BCUT2D eigenvalue weighted by molar-refractivity contribution is 5.82. The SMILES string of the molecule is CC(C)(CCCC(C)(C)N1C(=O)C(C(C)(C)CC2(C)CC2C(C)(C)C)CC1O)CCN1CC1. The summed E-state index contributed by atoms with van der Waals surface area (Å²) in [6.07, 6.45) is 6.69. The van der Waals surface area contributed by atoms with E-state index in [1.807, 2.05) is 4.90 Å². The summed E-state index contributed by atoms with van der Waals surface area (Å²) < 4.78 is 0. The van der Waals surface area contributed by atoms with Crippen LogP contribution in [0.3, 0.4) is 0 Å². The van der Waals surface area contributed by atoms with E-state index in [1.54, 1.807) is 0 Å². The number of rotatable bonds is 11. The molecular formula is C29H54N2O2. The molecule has 4 unspecified atom stereocenters. The lowest BCUT2D eigenvalue weighted by Gasteiger charge is -2.40. The molecule has 0 aromatic rings. The molecule has 0 spiro atoms. The molecule has 4 heteroatoms. The number of nitrogens with zero attached hydrogens (tertiary/aromatic N) is 2. The van der Waals surface area contributed by atoms with Crippen LogP contribution in [0.25, 0.3) is 0 Å². The second kappa shape index (κ2) is 8.80. The average molecular weight is 463 g/mol. The van der Waals surface area contributed by atoms with E-state index in [0.29, 0.717) is 22.7 Å². The minimum absolute atomic E-state index is 0.0890. The number of aliphatic hydroxyl groups excluding tert-OH is 1. The maximum atomic E-state index is 13.7. The molecule has 0 aromatic heterocycles. The fraction of sp³-hybridized carbons (Fsp3) is 0.966. The molecule has 0 aromatic carbocycles. The Morgan fingerprint density at radius 1 is 0.970 bits per heavy atom. The predicted octanol–water partition coefficient (Wildman–Crippen LogP) is 6.32. The molecule has 4 nitrogen and oxygen atoms in total. The Labute approximate surface area is 204 Å². The minimum atomic E-state index is -0.655. The highest BCUT2D eigenvalue weighted by Crippen LogP contribution is 2.66. The van der Waals surface area contributed by atoms with E-state index in [9.17, 15) is 9.90 Å². The first-order chi connectivity index (χ1) is 14.9. The van der Waals surface area contributed by atoms with E-state index in [0.717, 1.165) is 25.2 Å². The van der Waals surface area contributed by atoms with Crippen molar-refractivity contribution >= 4 is 5.91 Å². The molecule has 1 aliphatic carbocycles. The number of carbonyl (C=O) groups excluding carboxylic acids is 1. The van der Waals surface area contributed by atoms with Gasteiger partial charge in [0.25, 0.3) is 0 Å². The van der Waals surface area contributed by atoms with Crippen LogP contribution < -0.4 is 0 Å². The van der Waals surface area contributed by atoms with Crippen molar-refractivity contribution in [2.75, 3.05) is 19.6 Å². The first-order valence-corrected chi connectivity index (χ1v) is 13.6. The Hall–Kier alpha value is -0.610. The summed E-state index contributed by atoms with van der Waals surface area (Å²) in [5.74, 6) is 0.807. The van der Waals surface area contributed by atoms with E-state index in [2.05, 4.69) is 74.1 Å². The average Bonchev–Trinajstić information content (AvgIpc) is 3.52. The van der Waals surface area contributed by atoms with Gasteiger partial charge in [-0.25, -0.2) is 0 Å². The van der Waals surface area contributed by atoms with Crippen molar-refractivity contribution in [2.24, 2.45) is 33.5 Å². The second-order valence-corrected chi connectivity index (χ2v) is 15.3. The van der Waals surface area contributed by atoms with Gasteiger partial charge in [0.15, 0.2) is 0 Å². The third kappa shape index (κ3) is 6.34. The van der Waals surface area contributed by atoms with Crippen LogP contribution in [0.1, 0.15) is 114 Å². The van der Waals surface area contributed by atoms with Crippen LogP contribution in [0.5, 0.6) is 0 Å². The maximum absolute atomic E-state index is 13.7. The first-order valence-electron chi connectivity index (χ1n) is 13.6. The van der Waals surface area contributed by atoms with E-state index in [1.165, 1.54) is 38.9 Å². The van der Waals surface area contributed by atoms with Gasteiger partial charge in [0, 0.05) is 31.0 Å². The molecule has 33 heavy (non-hydrogen) atoms. The highest BCUT2D eigenvalue weighted by atomic mass is 16.3. The number of amides is 1. The fourth-order valence-electron chi connectivity index (χ4n) is 7.21. The van der Waals surface area contributed by atoms with E-state index in [4.69, 9.17) is 0 Å². The molecule has 192 valence electrons. The number of aliphatic hydroxyl groups is 1. The molecule has 1 N–H and O–H groups in total. The van der Waals surface area contributed by atoms with Crippen LogP contribution in [0.4, 0.5) is 0 Å². The summed E-state index contributed by atoms with van der Waals surface area (Å²) in [4.78, 5) is 18.0. The quantitative estimate of drug-likeness (QED) is 0.365. The Morgan fingerprint density at radius 2 is 1.58 bits per heavy atom. The van der Waals surface area contributed by atoms with Gasteiger partial charge in [0.2, 0.25) is 5.91 Å². The second-order valence-electron chi connectivity index (χ2n) is 15.3. The summed E-state index contributed by atoms with van der Waals surface area (Å²) in [5.41, 5.74) is 0.563. The minimum Gasteiger partial charge on any atom is -0.373 e. The van der Waals surface area contributed by atoms with Crippen LogP contribution in [0.15, 0.2) is 0 Å². The van der Waals surface area contributed by atoms with Crippen LogP contribution in [0, 0.1) is 33.5 Å². The highest BCUT2D eigenvalue weighted by Gasteiger charge is 2.59. The zero-order chi connectivity index (χ0) is 25.0. The molecule has 2 heterocycles. The molecule has 2 saturated heterocycles. The summed E-state index contributed by atoms with van der Waals surface area (Å²) >= 11 is 0. The molecule has 3 rings (SSSR count). The standard InChI is InChI=1S/C29H54N2O2/c1-25(2,3)22-19-29(22,10)20-27(6,7)21-18-23(32)31(24(21)33)28(8,9)13-11-12-26(4,5)14-15-30-16-17-30/h21-23,32H,11-20H2,1-10H3. The molecule has 1 saturated carbocycles. The van der Waals surface area contributed by atoms with Gasteiger partial charge >= 0.3 is 0 Å². The summed E-state index contributed by atoms with van der Waals surface area (Å²) in [7, 11) is 0. The van der Waals surface area contributed by atoms with E-state index in [-0.39, 0.29) is 22.8 Å². The molecule has 3 aliphatic rings. The van der Waals surface area contributed by atoms with Crippen molar-refractivity contribution in [3.8, 4) is 0 Å². The summed E-state index contributed by atoms with van der Waals surface area (Å²) in [6, 6.07) is 0. The van der Waals surface area contributed by atoms with E-state index < -0.39 is 6.23 Å². The molecule has 2 aliphatic heterocycles. The number of hydrogen-bond acceptors (Lipinski definition) is 3. The van der Waals surface area contributed by atoms with Gasteiger partial charge in [-0.05, 0) is 80.1 Å². The summed E-state index contributed by atoms with van der Waals surface area (Å²) in [5, 5.41) is 11.0. The molecule has 4 atom stereocenters.